The summed E-state index contributed by atoms with van der Waals surface area (Å²) in [5.41, 5.74) is 1.35. The number of hydrogen-bond donors (Lipinski definition) is 1. The fourth-order valence-electron chi connectivity index (χ4n) is 1.66. The van der Waals surface area contributed by atoms with Crippen LogP contribution in [-0.2, 0) is 16.0 Å². The van der Waals surface area contributed by atoms with Crippen LogP contribution in [0.1, 0.15) is 25.8 Å². The van der Waals surface area contributed by atoms with Gasteiger partial charge in [-0.05, 0) is 24.1 Å². The molecule has 0 unspecified atom stereocenters. The van der Waals surface area contributed by atoms with Crippen molar-refractivity contribution in [1.29, 1.82) is 0 Å². The van der Waals surface area contributed by atoms with Crippen molar-refractivity contribution in [2.45, 2.75) is 37.8 Å². The zero-order valence-corrected chi connectivity index (χ0v) is 13.7. The van der Waals surface area contributed by atoms with Gasteiger partial charge in [0.25, 0.3) is 0 Å². The van der Waals surface area contributed by atoms with Gasteiger partial charge in [0.05, 0.1) is 13.2 Å². The molecule has 0 heterocycles. The van der Waals surface area contributed by atoms with Crippen LogP contribution in [0.25, 0.3) is 0 Å². The third kappa shape index (κ3) is 8.59. The van der Waals surface area contributed by atoms with Crippen molar-refractivity contribution in [3.05, 3.63) is 29.8 Å². The van der Waals surface area contributed by atoms with E-state index < -0.39 is 0 Å². The lowest BCUT2D eigenvalue weighted by molar-refractivity contribution is 0.0713. The Bertz CT molecular complexity index is 358. The number of hydrogen-bond acceptors (Lipinski definition) is 4. The third-order valence-electron chi connectivity index (χ3n) is 2.75. The molecule has 0 aromatic heterocycles. The van der Waals surface area contributed by atoms with Crippen LogP contribution in [0, 0.1) is 0 Å². The van der Waals surface area contributed by atoms with Gasteiger partial charge in [-0.3, -0.25) is 0 Å². The molecule has 1 N–H and O–H groups in total. The second kappa shape index (κ2) is 11.1. The molecule has 0 bridgehead atoms. The second-order valence-electron chi connectivity index (χ2n) is 4.99. The van der Waals surface area contributed by atoms with Gasteiger partial charge in [-0.15, -0.1) is 11.8 Å². The number of thioether (sulfide) groups is 1. The summed E-state index contributed by atoms with van der Waals surface area (Å²) < 4.78 is 10.4. The molecular weight excluding hydrogens is 270 g/mol. The lowest BCUT2D eigenvalue weighted by Gasteiger charge is -2.09. The standard InChI is InChI=1S/C16H27NO2S/c1-14(2)17-13-15-6-4-7-16(12-15)20-11-5-8-19-10-9-18-3/h4,6-7,12,14,17H,5,8-11,13H2,1-3H3. The van der Waals surface area contributed by atoms with Gasteiger partial charge >= 0.3 is 0 Å². The smallest absolute Gasteiger partial charge is 0.0700 e. The number of nitrogens with one attached hydrogen (secondary N) is 1. The normalized spacial score (nSPS) is 11.2. The first kappa shape index (κ1) is 17.5. The Morgan fingerprint density at radius 2 is 2.05 bits per heavy atom. The zero-order chi connectivity index (χ0) is 14.6. The summed E-state index contributed by atoms with van der Waals surface area (Å²) in [5, 5.41) is 3.44. The van der Waals surface area contributed by atoms with E-state index in [2.05, 4.69) is 43.4 Å². The molecule has 0 amide bonds. The molecule has 0 atom stereocenters. The molecule has 4 heteroatoms. The lowest BCUT2D eigenvalue weighted by Crippen LogP contribution is -2.21. The van der Waals surface area contributed by atoms with Crippen molar-refractivity contribution in [2.24, 2.45) is 0 Å². The monoisotopic (exact) mass is 297 g/mol. The van der Waals surface area contributed by atoms with Gasteiger partial charge in [-0.25, -0.2) is 0 Å². The van der Waals surface area contributed by atoms with E-state index in [1.807, 2.05) is 11.8 Å². The Kier molecular flexibility index (Phi) is 9.75. The van der Waals surface area contributed by atoms with Crippen molar-refractivity contribution >= 4 is 11.8 Å². The van der Waals surface area contributed by atoms with E-state index in [1.54, 1.807) is 7.11 Å². The first-order valence-electron chi connectivity index (χ1n) is 7.24. The largest absolute Gasteiger partial charge is 0.382 e. The minimum absolute atomic E-state index is 0.524. The van der Waals surface area contributed by atoms with E-state index in [9.17, 15) is 0 Å². The van der Waals surface area contributed by atoms with E-state index in [0.29, 0.717) is 19.3 Å². The minimum atomic E-state index is 0.524. The molecule has 0 fully saturated rings. The number of methoxy groups -OCH3 is 1. The highest BCUT2D eigenvalue weighted by Crippen LogP contribution is 2.20. The van der Waals surface area contributed by atoms with Crippen LogP contribution in [0.4, 0.5) is 0 Å². The molecule has 1 aromatic rings. The highest BCUT2D eigenvalue weighted by atomic mass is 32.2. The molecule has 0 saturated heterocycles. The lowest BCUT2D eigenvalue weighted by atomic mass is 10.2. The maximum Gasteiger partial charge on any atom is 0.0700 e. The summed E-state index contributed by atoms with van der Waals surface area (Å²) in [6.45, 7) is 7.46. The van der Waals surface area contributed by atoms with Gasteiger partial charge in [0.15, 0.2) is 0 Å². The number of benzene rings is 1. The zero-order valence-electron chi connectivity index (χ0n) is 12.9. The number of ether oxygens (including phenoxy) is 2. The quantitative estimate of drug-likeness (QED) is 0.501. The molecule has 0 aliphatic heterocycles. The van der Waals surface area contributed by atoms with Crippen molar-refractivity contribution in [2.75, 3.05) is 32.7 Å². The van der Waals surface area contributed by atoms with Crippen LogP contribution in [0.5, 0.6) is 0 Å². The first-order valence-corrected chi connectivity index (χ1v) is 8.22. The summed E-state index contributed by atoms with van der Waals surface area (Å²) in [4.78, 5) is 1.34. The van der Waals surface area contributed by atoms with E-state index in [4.69, 9.17) is 9.47 Å². The maximum absolute atomic E-state index is 5.45. The summed E-state index contributed by atoms with van der Waals surface area (Å²) in [5.74, 6) is 1.09. The van der Waals surface area contributed by atoms with Crippen LogP contribution in [0.3, 0.4) is 0 Å². The minimum Gasteiger partial charge on any atom is -0.382 e. The Morgan fingerprint density at radius 1 is 1.20 bits per heavy atom. The number of rotatable bonds is 11. The van der Waals surface area contributed by atoms with E-state index >= 15 is 0 Å². The van der Waals surface area contributed by atoms with E-state index in [1.165, 1.54) is 10.5 Å². The molecule has 0 aliphatic rings. The van der Waals surface area contributed by atoms with Gasteiger partial charge in [0.2, 0.25) is 0 Å². The molecule has 0 radical (unpaired) electrons. The van der Waals surface area contributed by atoms with Crippen LogP contribution < -0.4 is 5.32 Å². The highest BCUT2D eigenvalue weighted by Gasteiger charge is 1.99. The topological polar surface area (TPSA) is 30.5 Å². The highest BCUT2D eigenvalue weighted by molar-refractivity contribution is 7.99. The van der Waals surface area contributed by atoms with Crippen LogP contribution in [-0.4, -0.2) is 38.7 Å². The van der Waals surface area contributed by atoms with Gasteiger partial charge in [0.1, 0.15) is 0 Å². The molecule has 0 spiro atoms. The van der Waals surface area contributed by atoms with Crippen molar-refractivity contribution in [3.63, 3.8) is 0 Å². The summed E-state index contributed by atoms with van der Waals surface area (Å²) in [7, 11) is 1.69. The predicted octanol–water partition coefficient (Wildman–Crippen LogP) is 3.33. The molecular formula is C16H27NO2S. The van der Waals surface area contributed by atoms with Crippen LogP contribution in [0.2, 0.25) is 0 Å². The predicted molar refractivity (Wildman–Crippen MR) is 86.5 cm³/mol. The molecule has 1 rings (SSSR count). The molecule has 0 aliphatic carbocycles. The average Bonchev–Trinajstić information content (AvgIpc) is 2.45. The van der Waals surface area contributed by atoms with Crippen molar-refractivity contribution in [3.8, 4) is 0 Å². The molecule has 114 valence electrons. The Labute approximate surface area is 127 Å². The van der Waals surface area contributed by atoms with Gasteiger partial charge < -0.3 is 14.8 Å². The SMILES string of the molecule is COCCOCCCSc1cccc(CNC(C)C)c1. The Morgan fingerprint density at radius 3 is 2.80 bits per heavy atom. The van der Waals surface area contributed by atoms with E-state index in [0.717, 1.165) is 25.3 Å². The molecule has 3 nitrogen and oxygen atoms in total. The van der Waals surface area contributed by atoms with Crippen LogP contribution >= 0.6 is 11.8 Å². The molecule has 0 saturated carbocycles. The van der Waals surface area contributed by atoms with Crippen LogP contribution in [0.15, 0.2) is 29.2 Å². The fourth-order valence-corrected chi connectivity index (χ4v) is 2.57. The average molecular weight is 297 g/mol. The van der Waals surface area contributed by atoms with Gasteiger partial charge in [-0.1, -0.05) is 26.0 Å². The molecule has 20 heavy (non-hydrogen) atoms. The molecule has 1 aromatic carbocycles. The summed E-state index contributed by atoms with van der Waals surface area (Å²) >= 11 is 1.89. The Hall–Kier alpha value is -0.550. The van der Waals surface area contributed by atoms with Gasteiger partial charge in [0, 0.05) is 37.0 Å². The second-order valence-corrected chi connectivity index (χ2v) is 6.16. The van der Waals surface area contributed by atoms with Crippen molar-refractivity contribution < 1.29 is 9.47 Å². The summed E-state index contributed by atoms with van der Waals surface area (Å²) in [6.07, 6.45) is 1.07. The third-order valence-corrected chi connectivity index (χ3v) is 3.83. The van der Waals surface area contributed by atoms with E-state index in [-0.39, 0.29) is 0 Å². The summed E-state index contributed by atoms with van der Waals surface area (Å²) in [6, 6.07) is 9.28. The van der Waals surface area contributed by atoms with Crippen molar-refractivity contribution in [1.82, 2.24) is 5.32 Å². The fraction of sp³-hybridized carbons (Fsp3) is 0.625. The first-order chi connectivity index (χ1) is 9.72. The maximum atomic E-state index is 5.45. The van der Waals surface area contributed by atoms with Gasteiger partial charge in [-0.2, -0.15) is 0 Å². The Balaban J connectivity index is 2.18.